The van der Waals surface area contributed by atoms with E-state index in [0.29, 0.717) is 22.9 Å². The average molecular weight is 396 g/mol. The number of likely N-dealkylation sites (tertiary alicyclic amines) is 2. The Balaban J connectivity index is 1.26. The standard InChI is InChI=1S/C24H33N3O2/c1-18-23(19(2)29-25-18)24(28)27-14-10-21(11-15-27)16-20-6-8-22(9-7-20)17-26-12-4-3-5-13-26/h6-9,21H,3-5,10-17H2,1-2H3. The van der Waals surface area contributed by atoms with E-state index in [-0.39, 0.29) is 5.91 Å². The number of rotatable bonds is 5. The molecule has 5 heteroatoms. The summed E-state index contributed by atoms with van der Waals surface area (Å²) < 4.78 is 5.16. The highest BCUT2D eigenvalue weighted by atomic mass is 16.5. The molecule has 0 N–H and O–H groups in total. The van der Waals surface area contributed by atoms with Crippen molar-refractivity contribution in [3.8, 4) is 0 Å². The summed E-state index contributed by atoms with van der Waals surface area (Å²) in [4.78, 5) is 17.3. The summed E-state index contributed by atoms with van der Waals surface area (Å²) >= 11 is 0. The molecule has 5 nitrogen and oxygen atoms in total. The predicted molar refractivity (Wildman–Crippen MR) is 114 cm³/mol. The Morgan fingerprint density at radius 1 is 1.00 bits per heavy atom. The van der Waals surface area contributed by atoms with E-state index in [4.69, 9.17) is 4.52 Å². The van der Waals surface area contributed by atoms with Crippen LogP contribution in [0.4, 0.5) is 0 Å². The van der Waals surface area contributed by atoms with Crippen molar-refractivity contribution in [2.75, 3.05) is 26.2 Å². The first-order valence-corrected chi connectivity index (χ1v) is 11.1. The van der Waals surface area contributed by atoms with Gasteiger partial charge in [0, 0.05) is 19.6 Å². The second kappa shape index (κ2) is 9.12. The lowest BCUT2D eigenvalue weighted by atomic mass is 9.89. The highest BCUT2D eigenvalue weighted by molar-refractivity contribution is 5.96. The molecule has 1 aromatic heterocycles. The van der Waals surface area contributed by atoms with Gasteiger partial charge in [0.2, 0.25) is 0 Å². The fraction of sp³-hybridized carbons (Fsp3) is 0.583. The molecule has 0 saturated carbocycles. The minimum atomic E-state index is 0.0711. The third-order valence-corrected chi connectivity index (χ3v) is 6.55. The van der Waals surface area contributed by atoms with Crippen molar-refractivity contribution in [1.82, 2.24) is 15.0 Å². The number of amides is 1. The summed E-state index contributed by atoms with van der Waals surface area (Å²) in [5, 5.41) is 3.92. The Morgan fingerprint density at radius 2 is 1.66 bits per heavy atom. The van der Waals surface area contributed by atoms with E-state index in [9.17, 15) is 4.79 Å². The zero-order valence-corrected chi connectivity index (χ0v) is 17.8. The van der Waals surface area contributed by atoms with Gasteiger partial charge in [-0.3, -0.25) is 9.69 Å². The van der Waals surface area contributed by atoms with Gasteiger partial charge in [0.05, 0.1) is 5.69 Å². The quantitative estimate of drug-likeness (QED) is 0.754. The first-order valence-electron chi connectivity index (χ1n) is 11.1. The molecule has 3 heterocycles. The third kappa shape index (κ3) is 4.89. The Kier molecular flexibility index (Phi) is 6.34. The normalized spacial score (nSPS) is 18.9. The number of carbonyl (C=O) groups is 1. The lowest BCUT2D eigenvalue weighted by Crippen LogP contribution is -2.39. The minimum Gasteiger partial charge on any atom is -0.361 e. The number of hydrogen-bond acceptors (Lipinski definition) is 4. The van der Waals surface area contributed by atoms with Crippen LogP contribution < -0.4 is 0 Å². The maximum absolute atomic E-state index is 12.8. The van der Waals surface area contributed by atoms with Crippen LogP contribution in [0.25, 0.3) is 0 Å². The third-order valence-electron chi connectivity index (χ3n) is 6.55. The molecule has 0 unspecified atom stereocenters. The molecular weight excluding hydrogens is 362 g/mol. The summed E-state index contributed by atoms with van der Waals surface area (Å²) in [7, 11) is 0. The van der Waals surface area contributed by atoms with Crippen molar-refractivity contribution < 1.29 is 9.32 Å². The van der Waals surface area contributed by atoms with Crippen molar-refractivity contribution in [2.24, 2.45) is 5.92 Å². The van der Waals surface area contributed by atoms with Crippen molar-refractivity contribution >= 4 is 5.91 Å². The highest BCUT2D eigenvalue weighted by Gasteiger charge is 2.27. The monoisotopic (exact) mass is 395 g/mol. The van der Waals surface area contributed by atoms with Gasteiger partial charge in [-0.1, -0.05) is 35.8 Å². The molecule has 156 valence electrons. The summed E-state index contributed by atoms with van der Waals surface area (Å²) in [5.41, 5.74) is 4.19. The molecule has 29 heavy (non-hydrogen) atoms. The number of piperidine rings is 2. The van der Waals surface area contributed by atoms with E-state index >= 15 is 0 Å². The molecule has 0 aliphatic carbocycles. The summed E-state index contributed by atoms with van der Waals surface area (Å²) in [5.74, 6) is 1.35. The van der Waals surface area contributed by atoms with E-state index in [2.05, 4.69) is 34.3 Å². The zero-order valence-electron chi connectivity index (χ0n) is 17.8. The minimum absolute atomic E-state index is 0.0711. The molecule has 0 spiro atoms. The summed E-state index contributed by atoms with van der Waals surface area (Å²) in [6.07, 6.45) is 7.30. The first kappa shape index (κ1) is 20.1. The van der Waals surface area contributed by atoms with Crippen LogP contribution in [0.15, 0.2) is 28.8 Å². The molecule has 2 aliphatic heterocycles. The SMILES string of the molecule is Cc1noc(C)c1C(=O)N1CCC(Cc2ccc(CN3CCCCC3)cc2)CC1. The second-order valence-corrected chi connectivity index (χ2v) is 8.79. The number of carbonyl (C=O) groups excluding carboxylic acids is 1. The number of aryl methyl sites for hydroxylation is 2. The van der Waals surface area contributed by atoms with Crippen LogP contribution >= 0.6 is 0 Å². The number of aromatic nitrogens is 1. The van der Waals surface area contributed by atoms with Gasteiger partial charge in [-0.2, -0.15) is 0 Å². The lowest BCUT2D eigenvalue weighted by Gasteiger charge is -2.32. The van der Waals surface area contributed by atoms with Crippen LogP contribution in [-0.4, -0.2) is 47.0 Å². The van der Waals surface area contributed by atoms with E-state index in [1.807, 2.05) is 18.7 Å². The van der Waals surface area contributed by atoms with Gasteiger partial charge in [0.25, 0.3) is 5.91 Å². The summed E-state index contributed by atoms with van der Waals surface area (Å²) in [6.45, 7) is 8.87. The Labute approximate surface area is 174 Å². The number of hydrogen-bond donors (Lipinski definition) is 0. The molecule has 1 aromatic carbocycles. The van der Waals surface area contributed by atoms with Crippen LogP contribution in [-0.2, 0) is 13.0 Å². The van der Waals surface area contributed by atoms with E-state index in [0.717, 1.165) is 38.9 Å². The zero-order chi connectivity index (χ0) is 20.2. The van der Waals surface area contributed by atoms with Crippen LogP contribution in [0.3, 0.4) is 0 Å². The molecule has 2 saturated heterocycles. The van der Waals surface area contributed by atoms with Gasteiger partial charge < -0.3 is 9.42 Å². The molecular formula is C24H33N3O2. The van der Waals surface area contributed by atoms with Crippen molar-refractivity contribution in [3.05, 3.63) is 52.4 Å². The Morgan fingerprint density at radius 3 is 2.28 bits per heavy atom. The molecule has 2 aromatic rings. The number of nitrogens with zero attached hydrogens (tertiary/aromatic N) is 3. The van der Waals surface area contributed by atoms with Gasteiger partial charge in [0.1, 0.15) is 11.3 Å². The van der Waals surface area contributed by atoms with Gasteiger partial charge in [-0.25, -0.2) is 0 Å². The summed E-state index contributed by atoms with van der Waals surface area (Å²) in [6, 6.07) is 9.22. The van der Waals surface area contributed by atoms with E-state index in [1.165, 1.54) is 43.5 Å². The Bertz CT molecular complexity index is 794. The fourth-order valence-electron chi connectivity index (χ4n) is 4.78. The molecule has 2 aliphatic rings. The first-order chi connectivity index (χ1) is 14.1. The fourth-order valence-corrected chi connectivity index (χ4v) is 4.78. The molecule has 0 bridgehead atoms. The molecule has 2 fully saturated rings. The van der Waals surface area contributed by atoms with Gasteiger partial charge in [-0.05, 0) is 76.1 Å². The van der Waals surface area contributed by atoms with Crippen LogP contribution in [0.1, 0.15) is 65.0 Å². The van der Waals surface area contributed by atoms with Crippen molar-refractivity contribution in [2.45, 2.75) is 58.9 Å². The maximum atomic E-state index is 12.8. The van der Waals surface area contributed by atoms with Crippen LogP contribution in [0.5, 0.6) is 0 Å². The largest absolute Gasteiger partial charge is 0.361 e. The van der Waals surface area contributed by atoms with E-state index in [1.54, 1.807) is 0 Å². The average Bonchev–Trinajstić information content (AvgIpc) is 3.08. The van der Waals surface area contributed by atoms with Gasteiger partial charge in [0.15, 0.2) is 0 Å². The smallest absolute Gasteiger partial charge is 0.259 e. The van der Waals surface area contributed by atoms with Gasteiger partial charge >= 0.3 is 0 Å². The highest BCUT2D eigenvalue weighted by Crippen LogP contribution is 2.25. The Hall–Kier alpha value is -2.14. The molecule has 0 atom stereocenters. The molecule has 4 rings (SSSR count). The predicted octanol–water partition coefficient (Wildman–Crippen LogP) is 4.37. The molecule has 1 amide bonds. The number of benzene rings is 1. The molecule has 0 radical (unpaired) electrons. The van der Waals surface area contributed by atoms with E-state index < -0.39 is 0 Å². The van der Waals surface area contributed by atoms with Crippen LogP contribution in [0.2, 0.25) is 0 Å². The maximum Gasteiger partial charge on any atom is 0.259 e. The van der Waals surface area contributed by atoms with Crippen molar-refractivity contribution in [1.29, 1.82) is 0 Å². The van der Waals surface area contributed by atoms with Crippen molar-refractivity contribution in [3.63, 3.8) is 0 Å². The second-order valence-electron chi connectivity index (χ2n) is 8.79. The topological polar surface area (TPSA) is 49.6 Å². The lowest BCUT2D eigenvalue weighted by molar-refractivity contribution is 0.0688. The van der Waals surface area contributed by atoms with Crippen LogP contribution in [0, 0.1) is 19.8 Å². The van der Waals surface area contributed by atoms with Gasteiger partial charge in [-0.15, -0.1) is 0 Å².